The third-order valence-electron chi connectivity index (χ3n) is 4.54. The van der Waals surface area contributed by atoms with Gasteiger partial charge in [0, 0.05) is 11.5 Å². The molecule has 3 aromatic carbocycles. The third-order valence-corrected chi connectivity index (χ3v) is 7.08. The van der Waals surface area contributed by atoms with Gasteiger partial charge in [0.1, 0.15) is 0 Å². The fourth-order valence-corrected chi connectivity index (χ4v) is 5.03. The van der Waals surface area contributed by atoms with E-state index in [9.17, 15) is 8.42 Å². The van der Waals surface area contributed by atoms with Crippen LogP contribution in [0.2, 0.25) is 0 Å². The average molecular weight is 455 g/mol. The first kappa shape index (κ1) is 20.3. The number of sulfonamides is 1. The Morgan fingerprint density at radius 1 is 1.00 bits per heavy atom. The smallest absolute Gasteiger partial charge is 0.207 e. The van der Waals surface area contributed by atoms with E-state index in [0.717, 1.165) is 15.6 Å². The monoisotopic (exact) mass is 454 g/mol. The summed E-state index contributed by atoms with van der Waals surface area (Å²) in [6, 6.07) is 25.3. The summed E-state index contributed by atoms with van der Waals surface area (Å²) >= 11 is 3.56. The molecule has 0 aliphatic heterocycles. The number of hydrogen-bond donors (Lipinski definition) is 0. The minimum absolute atomic E-state index is 0.166. The minimum Gasteiger partial charge on any atom is -0.207 e. The van der Waals surface area contributed by atoms with Gasteiger partial charge in [-0.2, -0.15) is 9.57 Å². The lowest BCUT2D eigenvalue weighted by Crippen LogP contribution is -2.32. The first-order valence-corrected chi connectivity index (χ1v) is 10.9. The molecule has 4 nitrogen and oxygen atoms in total. The molecular formula is C22H19BrN2O2S. The Balaban J connectivity index is 2.11. The standard InChI is InChI=1S/C22H19BrN2O2S/c1-25(28(26,27)19-11-7-8-17(16-19)14-15-24)22(18-9-3-2-4-10-18)20-12-5-6-13-21(20)23/h2-13,16,22H,14H2,1H3. The van der Waals surface area contributed by atoms with Crippen LogP contribution in [0.25, 0.3) is 0 Å². The predicted octanol–water partition coefficient (Wildman–Crippen LogP) is 4.93. The highest BCUT2D eigenvalue weighted by Crippen LogP contribution is 2.35. The second kappa shape index (κ2) is 8.70. The van der Waals surface area contributed by atoms with Crippen molar-refractivity contribution < 1.29 is 8.42 Å². The van der Waals surface area contributed by atoms with Crippen LogP contribution in [0.1, 0.15) is 22.7 Å². The molecule has 0 bridgehead atoms. The highest BCUT2D eigenvalue weighted by atomic mass is 79.9. The summed E-state index contributed by atoms with van der Waals surface area (Å²) in [6.07, 6.45) is 0.166. The Morgan fingerprint density at radius 2 is 1.68 bits per heavy atom. The molecule has 3 aromatic rings. The number of nitrogens with zero attached hydrogens (tertiary/aromatic N) is 2. The van der Waals surface area contributed by atoms with Gasteiger partial charge in [0.15, 0.2) is 0 Å². The Kier molecular flexibility index (Phi) is 6.30. The average Bonchev–Trinajstić information content (AvgIpc) is 2.71. The van der Waals surface area contributed by atoms with Gasteiger partial charge in [-0.15, -0.1) is 0 Å². The lowest BCUT2D eigenvalue weighted by molar-refractivity contribution is 0.417. The Labute approximate surface area is 174 Å². The van der Waals surface area contributed by atoms with E-state index in [-0.39, 0.29) is 11.3 Å². The van der Waals surface area contributed by atoms with E-state index < -0.39 is 16.1 Å². The third kappa shape index (κ3) is 4.17. The summed E-state index contributed by atoms with van der Waals surface area (Å²) < 4.78 is 29.1. The molecule has 6 heteroatoms. The molecule has 0 spiro atoms. The fraction of sp³-hybridized carbons (Fsp3) is 0.136. The first-order valence-electron chi connectivity index (χ1n) is 8.68. The first-order chi connectivity index (χ1) is 13.4. The van der Waals surface area contributed by atoms with Crippen LogP contribution in [0.4, 0.5) is 0 Å². The zero-order valence-electron chi connectivity index (χ0n) is 15.3. The van der Waals surface area contributed by atoms with Crippen molar-refractivity contribution in [2.24, 2.45) is 0 Å². The van der Waals surface area contributed by atoms with Gasteiger partial charge >= 0.3 is 0 Å². The van der Waals surface area contributed by atoms with Crippen molar-refractivity contribution in [3.8, 4) is 6.07 Å². The molecule has 0 aromatic heterocycles. The van der Waals surface area contributed by atoms with Crippen molar-refractivity contribution in [1.29, 1.82) is 5.26 Å². The quantitative estimate of drug-likeness (QED) is 0.530. The Morgan fingerprint density at radius 3 is 2.36 bits per heavy atom. The second-order valence-corrected chi connectivity index (χ2v) is 9.19. The minimum atomic E-state index is -3.79. The van der Waals surface area contributed by atoms with E-state index in [0.29, 0.717) is 5.56 Å². The SMILES string of the molecule is CN(C(c1ccccc1)c1ccccc1Br)S(=O)(=O)c1cccc(CC#N)c1. The van der Waals surface area contributed by atoms with Gasteiger partial charge in [0.25, 0.3) is 0 Å². The molecule has 142 valence electrons. The van der Waals surface area contributed by atoms with Gasteiger partial charge in [0.2, 0.25) is 10.0 Å². The van der Waals surface area contributed by atoms with Crippen LogP contribution < -0.4 is 0 Å². The van der Waals surface area contributed by atoms with Crippen molar-refractivity contribution >= 4 is 26.0 Å². The Bertz CT molecular complexity index is 1110. The molecular weight excluding hydrogens is 436 g/mol. The van der Waals surface area contributed by atoms with E-state index in [1.54, 1.807) is 31.3 Å². The summed E-state index contributed by atoms with van der Waals surface area (Å²) in [5.74, 6) is 0. The molecule has 1 atom stereocenters. The van der Waals surface area contributed by atoms with E-state index in [2.05, 4.69) is 22.0 Å². The van der Waals surface area contributed by atoms with Gasteiger partial charge in [-0.3, -0.25) is 0 Å². The highest BCUT2D eigenvalue weighted by molar-refractivity contribution is 9.10. The summed E-state index contributed by atoms with van der Waals surface area (Å²) in [5.41, 5.74) is 2.40. The van der Waals surface area contributed by atoms with Crippen molar-refractivity contribution in [3.63, 3.8) is 0 Å². The van der Waals surface area contributed by atoms with E-state index in [1.165, 1.54) is 4.31 Å². The number of nitriles is 1. The zero-order valence-corrected chi connectivity index (χ0v) is 17.7. The fourth-order valence-electron chi connectivity index (χ4n) is 3.13. The van der Waals surface area contributed by atoms with Gasteiger partial charge in [-0.1, -0.05) is 76.6 Å². The number of rotatable bonds is 6. The second-order valence-electron chi connectivity index (χ2n) is 6.34. The number of benzene rings is 3. The lowest BCUT2D eigenvalue weighted by atomic mass is 9.99. The molecule has 0 heterocycles. The van der Waals surface area contributed by atoms with Gasteiger partial charge in [0.05, 0.1) is 23.4 Å². The van der Waals surface area contributed by atoms with Gasteiger partial charge < -0.3 is 0 Å². The summed E-state index contributed by atoms with van der Waals surface area (Å²) in [6.45, 7) is 0. The normalized spacial score (nSPS) is 12.5. The molecule has 3 rings (SSSR count). The van der Waals surface area contributed by atoms with Crippen LogP contribution >= 0.6 is 15.9 Å². The number of hydrogen-bond acceptors (Lipinski definition) is 3. The van der Waals surface area contributed by atoms with Crippen LogP contribution in [0.3, 0.4) is 0 Å². The molecule has 0 radical (unpaired) electrons. The maximum atomic E-state index is 13.4. The predicted molar refractivity (Wildman–Crippen MR) is 113 cm³/mol. The molecule has 0 aliphatic carbocycles. The van der Waals surface area contributed by atoms with Crippen LogP contribution in [-0.4, -0.2) is 19.8 Å². The summed E-state index contributed by atoms with van der Waals surface area (Å²) in [7, 11) is -2.20. The molecule has 0 aliphatic rings. The molecule has 28 heavy (non-hydrogen) atoms. The van der Waals surface area contributed by atoms with Crippen LogP contribution in [-0.2, 0) is 16.4 Å². The van der Waals surface area contributed by atoms with Crippen molar-refractivity contribution in [2.45, 2.75) is 17.4 Å². The van der Waals surface area contributed by atoms with Crippen molar-refractivity contribution in [3.05, 3.63) is 100 Å². The molecule has 0 saturated carbocycles. The maximum absolute atomic E-state index is 13.4. The van der Waals surface area contributed by atoms with Crippen molar-refractivity contribution in [2.75, 3.05) is 7.05 Å². The lowest BCUT2D eigenvalue weighted by Gasteiger charge is -2.29. The molecule has 1 unspecified atom stereocenters. The van der Waals surface area contributed by atoms with Gasteiger partial charge in [-0.05, 0) is 34.9 Å². The van der Waals surface area contributed by atoms with Crippen LogP contribution in [0, 0.1) is 11.3 Å². The van der Waals surface area contributed by atoms with Crippen LogP contribution in [0.15, 0.2) is 88.2 Å². The van der Waals surface area contributed by atoms with E-state index in [4.69, 9.17) is 5.26 Å². The van der Waals surface area contributed by atoms with E-state index in [1.807, 2.05) is 54.6 Å². The summed E-state index contributed by atoms with van der Waals surface area (Å²) in [5, 5.41) is 8.92. The molecule has 0 amide bonds. The molecule has 0 N–H and O–H groups in total. The summed E-state index contributed by atoms with van der Waals surface area (Å²) in [4.78, 5) is 0.177. The highest BCUT2D eigenvalue weighted by Gasteiger charge is 2.31. The largest absolute Gasteiger partial charge is 0.243 e. The zero-order chi connectivity index (χ0) is 20.1. The van der Waals surface area contributed by atoms with Gasteiger partial charge in [-0.25, -0.2) is 8.42 Å². The number of halogens is 1. The topological polar surface area (TPSA) is 61.2 Å². The molecule has 0 saturated heterocycles. The van der Waals surface area contributed by atoms with Crippen molar-refractivity contribution in [1.82, 2.24) is 4.31 Å². The Hall–Kier alpha value is -2.46. The maximum Gasteiger partial charge on any atom is 0.243 e. The van der Waals surface area contributed by atoms with E-state index >= 15 is 0 Å². The molecule has 0 fully saturated rings. The van der Waals surface area contributed by atoms with Crippen LogP contribution in [0.5, 0.6) is 0 Å².